The molecule has 0 N–H and O–H groups in total. The molecule has 0 radical (unpaired) electrons. The van der Waals surface area contributed by atoms with E-state index in [4.69, 9.17) is 0 Å². The summed E-state index contributed by atoms with van der Waals surface area (Å²) in [5.41, 5.74) is 4.90. The summed E-state index contributed by atoms with van der Waals surface area (Å²) in [5, 5.41) is 0. The van der Waals surface area contributed by atoms with Crippen LogP contribution in [0.3, 0.4) is 0 Å². The lowest BCUT2D eigenvalue weighted by molar-refractivity contribution is -0.134. The Kier molecular flexibility index (Phi) is 6.44. The Balaban J connectivity index is 1.32. The van der Waals surface area contributed by atoms with Crippen molar-refractivity contribution in [1.29, 1.82) is 0 Å². The van der Waals surface area contributed by atoms with E-state index in [0.717, 1.165) is 56.8 Å². The van der Waals surface area contributed by atoms with Crippen LogP contribution in [0.1, 0.15) is 31.9 Å². The van der Waals surface area contributed by atoms with E-state index in [1.165, 1.54) is 11.1 Å². The van der Waals surface area contributed by atoms with Crippen LogP contribution in [-0.4, -0.2) is 75.9 Å². The first kappa shape index (κ1) is 20.9. The molecule has 0 bridgehead atoms. The molecule has 1 fully saturated rings. The predicted octanol–water partition coefficient (Wildman–Crippen LogP) is 2.69. The van der Waals surface area contributed by atoms with Gasteiger partial charge in [0.2, 0.25) is 5.91 Å². The van der Waals surface area contributed by atoms with Gasteiger partial charge in [-0.1, -0.05) is 32.0 Å². The van der Waals surface area contributed by atoms with E-state index in [2.05, 4.69) is 63.6 Å². The van der Waals surface area contributed by atoms with Crippen molar-refractivity contribution in [1.82, 2.24) is 24.7 Å². The van der Waals surface area contributed by atoms with Gasteiger partial charge >= 0.3 is 0 Å². The van der Waals surface area contributed by atoms with Crippen LogP contribution in [0.5, 0.6) is 0 Å². The first-order valence-electron chi connectivity index (χ1n) is 11.1. The van der Waals surface area contributed by atoms with Crippen LogP contribution in [0.25, 0.3) is 11.1 Å². The van der Waals surface area contributed by atoms with Gasteiger partial charge in [-0.25, -0.2) is 9.97 Å². The highest BCUT2D eigenvalue weighted by atomic mass is 16.2. The Morgan fingerprint density at radius 1 is 0.967 bits per heavy atom. The lowest BCUT2D eigenvalue weighted by Gasteiger charge is -2.40. The van der Waals surface area contributed by atoms with Crippen LogP contribution in [0.4, 0.5) is 0 Å². The molecular formula is C24H33N5O. The molecule has 1 saturated heterocycles. The number of piperazine rings is 1. The number of fused-ring (bicyclic) bond motifs is 1. The highest BCUT2D eigenvalue weighted by molar-refractivity contribution is 5.78. The Bertz CT molecular complexity index is 861. The van der Waals surface area contributed by atoms with Crippen LogP contribution in [0.2, 0.25) is 0 Å². The standard InChI is InChI=1S/C24H33N5O/c1-18(2)19(3)28-8-10-29(11-9-28)24(30)16-27-7-6-21-12-20(4-5-22(21)15-27)23-13-25-17-26-14-23/h4-5,12-14,17-19H,6-11,15-16H2,1-3H3. The molecule has 6 nitrogen and oxygen atoms in total. The second kappa shape index (κ2) is 9.23. The molecule has 160 valence electrons. The molecule has 1 aromatic heterocycles. The summed E-state index contributed by atoms with van der Waals surface area (Å²) < 4.78 is 0. The second-order valence-corrected chi connectivity index (χ2v) is 8.97. The zero-order valence-corrected chi connectivity index (χ0v) is 18.4. The van der Waals surface area contributed by atoms with Crippen molar-refractivity contribution in [3.63, 3.8) is 0 Å². The number of aromatic nitrogens is 2. The molecule has 4 rings (SSSR count). The van der Waals surface area contributed by atoms with E-state index >= 15 is 0 Å². The maximum atomic E-state index is 12.9. The highest BCUT2D eigenvalue weighted by Crippen LogP contribution is 2.25. The summed E-state index contributed by atoms with van der Waals surface area (Å²) in [6.45, 7) is 12.8. The van der Waals surface area contributed by atoms with Crippen LogP contribution < -0.4 is 0 Å². The highest BCUT2D eigenvalue weighted by Gasteiger charge is 2.27. The number of carbonyl (C=O) groups is 1. The van der Waals surface area contributed by atoms with Crippen LogP contribution in [0.15, 0.2) is 36.9 Å². The number of amides is 1. The van der Waals surface area contributed by atoms with Gasteiger partial charge in [0.05, 0.1) is 6.54 Å². The molecular weight excluding hydrogens is 374 g/mol. The zero-order valence-electron chi connectivity index (χ0n) is 18.4. The van der Waals surface area contributed by atoms with Crippen LogP contribution in [0, 0.1) is 5.92 Å². The molecule has 2 aliphatic heterocycles. The number of nitrogens with zero attached hydrogens (tertiary/aromatic N) is 5. The predicted molar refractivity (Wildman–Crippen MR) is 119 cm³/mol. The van der Waals surface area contributed by atoms with Crippen LogP contribution in [-0.2, 0) is 17.8 Å². The smallest absolute Gasteiger partial charge is 0.236 e. The third-order valence-corrected chi connectivity index (χ3v) is 6.76. The summed E-state index contributed by atoms with van der Waals surface area (Å²) in [6.07, 6.45) is 6.24. The quantitative estimate of drug-likeness (QED) is 0.763. The molecule has 1 atom stereocenters. The Hall–Kier alpha value is -2.31. The van der Waals surface area contributed by atoms with Gasteiger partial charge in [0.25, 0.3) is 0 Å². The lowest BCUT2D eigenvalue weighted by atomic mass is 9.95. The molecule has 6 heteroatoms. The average Bonchev–Trinajstić information content (AvgIpc) is 2.78. The zero-order chi connectivity index (χ0) is 21.1. The summed E-state index contributed by atoms with van der Waals surface area (Å²) >= 11 is 0. The molecule has 30 heavy (non-hydrogen) atoms. The monoisotopic (exact) mass is 407 g/mol. The molecule has 3 heterocycles. The van der Waals surface area contributed by atoms with Crippen LogP contribution >= 0.6 is 0 Å². The summed E-state index contributed by atoms with van der Waals surface area (Å²) in [5.74, 6) is 0.920. The maximum Gasteiger partial charge on any atom is 0.236 e. The third kappa shape index (κ3) is 4.71. The first-order valence-corrected chi connectivity index (χ1v) is 11.1. The summed E-state index contributed by atoms with van der Waals surface area (Å²) in [6, 6.07) is 7.16. The molecule has 1 unspecified atom stereocenters. The fourth-order valence-electron chi connectivity index (χ4n) is 4.47. The van der Waals surface area contributed by atoms with Crippen molar-refractivity contribution >= 4 is 5.91 Å². The number of carbonyl (C=O) groups excluding carboxylic acids is 1. The van der Waals surface area contributed by atoms with Gasteiger partial charge in [0.15, 0.2) is 0 Å². The Morgan fingerprint density at radius 3 is 2.40 bits per heavy atom. The van der Waals surface area contributed by atoms with Crippen molar-refractivity contribution in [2.45, 2.75) is 39.8 Å². The van der Waals surface area contributed by atoms with Crippen molar-refractivity contribution in [2.24, 2.45) is 5.92 Å². The third-order valence-electron chi connectivity index (χ3n) is 6.76. The summed E-state index contributed by atoms with van der Waals surface area (Å²) in [4.78, 5) is 28.0. The molecule has 0 saturated carbocycles. The molecule has 2 aliphatic rings. The van der Waals surface area contributed by atoms with Crippen molar-refractivity contribution in [3.05, 3.63) is 48.0 Å². The number of rotatable bonds is 5. The second-order valence-electron chi connectivity index (χ2n) is 8.97. The van der Waals surface area contributed by atoms with Gasteiger partial charge in [-0.15, -0.1) is 0 Å². The van der Waals surface area contributed by atoms with Gasteiger partial charge in [0.1, 0.15) is 6.33 Å². The fourth-order valence-corrected chi connectivity index (χ4v) is 4.47. The molecule has 2 aromatic rings. The Labute approximate surface area is 179 Å². The largest absolute Gasteiger partial charge is 0.339 e. The van der Waals surface area contributed by atoms with E-state index in [0.29, 0.717) is 18.5 Å². The average molecular weight is 408 g/mol. The van der Waals surface area contributed by atoms with Crippen molar-refractivity contribution in [2.75, 3.05) is 39.3 Å². The maximum absolute atomic E-state index is 12.9. The van der Waals surface area contributed by atoms with Gasteiger partial charge in [0, 0.05) is 63.3 Å². The van der Waals surface area contributed by atoms with E-state index < -0.39 is 0 Å². The van der Waals surface area contributed by atoms with Gasteiger partial charge < -0.3 is 4.90 Å². The summed E-state index contributed by atoms with van der Waals surface area (Å²) in [7, 11) is 0. The molecule has 0 spiro atoms. The molecule has 0 aliphatic carbocycles. The van der Waals surface area contributed by atoms with E-state index in [1.807, 2.05) is 12.4 Å². The Morgan fingerprint density at radius 2 is 1.70 bits per heavy atom. The first-order chi connectivity index (χ1) is 14.5. The van der Waals surface area contributed by atoms with E-state index in [9.17, 15) is 4.79 Å². The molecule has 1 aromatic carbocycles. The number of hydrogen-bond donors (Lipinski definition) is 0. The van der Waals surface area contributed by atoms with Gasteiger partial charge in [-0.3, -0.25) is 14.6 Å². The van der Waals surface area contributed by atoms with Gasteiger partial charge in [-0.2, -0.15) is 0 Å². The minimum atomic E-state index is 0.272. The van der Waals surface area contributed by atoms with E-state index in [1.54, 1.807) is 6.33 Å². The molecule has 1 amide bonds. The van der Waals surface area contributed by atoms with Crippen molar-refractivity contribution < 1.29 is 4.79 Å². The minimum absolute atomic E-state index is 0.272. The SMILES string of the molecule is CC(C)C(C)N1CCN(C(=O)CN2CCc3cc(-c4cncnc4)ccc3C2)CC1. The minimum Gasteiger partial charge on any atom is -0.339 e. The van der Waals surface area contributed by atoms with Gasteiger partial charge in [-0.05, 0) is 36.0 Å². The van der Waals surface area contributed by atoms with Crippen molar-refractivity contribution in [3.8, 4) is 11.1 Å². The fraction of sp³-hybridized carbons (Fsp3) is 0.542. The van der Waals surface area contributed by atoms with E-state index in [-0.39, 0.29) is 5.91 Å². The normalized spacial score (nSPS) is 19.0. The topological polar surface area (TPSA) is 52.6 Å². The number of hydrogen-bond acceptors (Lipinski definition) is 5. The lowest BCUT2D eigenvalue weighted by Crippen LogP contribution is -2.54. The number of benzene rings is 1.